The molecule has 0 bridgehead atoms. The Labute approximate surface area is 212 Å². The Hall–Kier alpha value is -2.49. The third-order valence-electron chi connectivity index (χ3n) is 7.33. The third kappa shape index (κ3) is 7.49. The molecule has 1 aliphatic rings. The Kier molecular flexibility index (Phi) is 10.2. The monoisotopic (exact) mass is 482 g/mol. The lowest BCUT2D eigenvalue weighted by atomic mass is 9.75. The van der Waals surface area contributed by atoms with Crippen molar-refractivity contribution in [2.45, 2.75) is 106 Å². The molecule has 3 unspecified atom stereocenters. The highest BCUT2D eigenvalue weighted by molar-refractivity contribution is 6.03. The van der Waals surface area contributed by atoms with Crippen LogP contribution < -0.4 is 4.74 Å². The van der Waals surface area contributed by atoms with Crippen LogP contribution in [0, 0.1) is 11.8 Å². The third-order valence-corrected chi connectivity index (χ3v) is 7.33. The molecule has 0 saturated heterocycles. The zero-order valence-corrected chi connectivity index (χ0v) is 23.1. The number of phenolic OH excluding ortho intramolecular Hbond substituents is 2. The number of allylic oxidation sites excluding steroid dienone is 6. The fourth-order valence-corrected chi connectivity index (χ4v) is 4.69. The van der Waals surface area contributed by atoms with E-state index in [1.54, 1.807) is 0 Å². The van der Waals surface area contributed by atoms with Gasteiger partial charge in [-0.1, -0.05) is 48.8 Å². The lowest BCUT2D eigenvalue weighted by Gasteiger charge is -2.43. The summed E-state index contributed by atoms with van der Waals surface area (Å²) in [5.74, 6) is -0.0658. The predicted molar refractivity (Wildman–Crippen MR) is 145 cm³/mol. The molecule has 2 rings (SSSR count). The molecular weight excluding hydrogens is 436 g/mol. The number of rotatable bonds is 11. The maximum absolute atomic E-state index is 13.2. The fourth-order valence-electron chi connectivity index (χ4n) is 4.69. The van der Waals surface area contributed by atoms with Gasteiger partial charge >= 0.3 is 0 Å². The Balaban J connectivity index is 2.41. The van der Waals surface area contributed by atoms with Gasteiger partial charge in [0.2, 0.25) is 0 Å². The first kappa shape index (κ1) is 28.7. The molecule has 1 heterocycles. The second kappa shape index (κ2) is 12.5. The number of ether oxygens (including phenoxy) is 1. The van der Waals surface area contributed by atoms with Crippen LogP contribution >= 0.6 is 0 Å². The first-order valence-corrected chi connectivity index (χ1v) is 13.1. The number of carbonyl (C=O) groups excluding carboxylic acids is 1. The summed E-state index contributed by atoms with van der Waals surface area (Å²) in [6.45, 7) is 16.5. The standard InChI is InChI=1S/C31H46O4/c1-9-23(7)29(34)28-27(33)19-26(32)25-18-24(16-15-21(4)5)31(8,35-30(25)28)17-11-14-22(6)13-10-12-20(2)3/h12,14-15,19,23-24,32-33H,9-11,13,16-18H2,1-8H3. The molecule has 0 fully saturated rings. The Morgan fingerprint density at radius 3 is 2.34 bits per heavy atom. The van der Waals surface area contributed by atoms with Gasteiger partial charge in [0.15, 0.2) is 5.78 Å². The molecule has 0 amide bonds. The number of Topliss-reactive ketones (excluding diaryl/α,β-unsaturated/α-hetero) is 1. The summed E-state index contributed by atoms with van der Waals surface area (Å²) >= 11 is 0. The van der Waals surface area contributed by atoms with E-state index in [2.05, 4.69) is 59.8 Å². The van der Waals surface area contributed by atoms with Gasteiger partial charge in [-0.2, -0.15) is 0 Å². The van der Waals surface area contributed by atoms with Gasteiger partial charge in [-0.05, 0) is 86.5 Å². The van der Waals surface area contributed by atoms with Crippen molar-refractivity contribution in [3.8, 4) is 17.2 Å². The minimum absolute atomic E-state index is 0.00235. The van der Waals surface area contributed by atoms with Crippen molar-refractivity contribution in [3.05, 3.63) is 52.1 Å². The van der Waals surface area contributed by atoms with Crippen LogP contribution in [-0.4, -0.2) is 21.6 Å². The molecule has 0 aromatic heterocycles. The van der Waals surface area contributed by atoms with Crippen LogP contribution in [0.1, 0.15) is 110 Å². The lowest BCUT2D eigenvalue weighted by Crippen LogP contribution is -2.45. The van der Waals surface area contributed by atoms with E-state index in [0.717, 1.165) is 32.1 Å². The normalized spacial score (nSPS) is 20.5. The lowest BCUT2D eigenvalue weighted by molar-refractivity contribution is 0.00178. The van der Waals surface area contributed by atoms with E-state index in [1.165, 1.54) is 22.8 Å². The van der Waals surface area contributed by atoms with Crippen molar-refractivity contribution < 1.29 is 19.7 Å². The SMILES string of the molecule is CCC(C)C(=O)c1c(O)cc(O)c2c1OC(C)(CCC=C(C)CCC=C(C)C)C(CC=C(C)C)C2. The molecule has 3 atom stereocenters. The molecule has 0 saturated carbocycles. The summed E-state index contributed by atoms with van der Waals surface area (Å²) in [7, 11) is 0. The second-order valence-corrected chi connectivity index (χ2v) is 11.0. The number of aromatic hydroxyl groups is 2. The zero-order chi connectivity index (χ0) is 26.3. The Bertz CT molecular complexity index is 990. The molecule has 194 valence electrons. The van der Waals surface area contributed by atoms with Crippen LogP contribution in [-0.2, 0) is 6.42 Å². The molecule has 2 N–H and O–H groups in total. The maximum Gasteiger partial charge on any atom is 0.173 e. The molecule has 1 aromatic carbocycles. The topological polar surface area (TPSA) is 66.8 Å². The van der Waals surface area contributed by atoms with E-state index in [9.17, 15) is 15.0 Å². The van der Waals surface area contributed by atoms with Crippen LogP contribution in [0.4, 0.5) is 0 Å². The average molecular weight is 483 g/mol. The molecule has 0 spiro atoms. The number of ketones is 1. The van der Waals surface area contributed by atoms with Gasteiger partial charge < -0.3 is 14.9 Å². The molecule has 35 heavy (non-hydrogen) atoms. The van der Waals surface area contributed by atoms with Gasteiger partial charge in [-0.15, -0.1) is 0 Å². The van der Waals surface area contributed by atoms with E-state index < -0.39 is 5.60 Å². The van der Waals surface area contributed by atoms with Crippen LogP contribution in [0.25, 0.3) is 0 Å². The number of hydrogen-bond donors (Lipinski definition) is 2. The highest BCUT2D eigenvalue weighted by Gasteiger charge is 2.43. The molecule has 0 radical (unpaired) electrons. The molecule has 1 aliphatic heterocycles. The average Bonchev–Trinajstić information content (AvgIpc) is 2.76. The van der Waals surface area contributed by atoms with Crippen molar-refractivity contribution in [2.75, 3.05) is 0 Å². The fraction of sp³-hybridized carbons (Fsp3) is 0.581. The van der Waals surface area contributed by atoms with E-state index >= 15 is 0 Å². The Morgan fingerprint density at radius 2 is 1.74 bits per heavy atom. The van der Waals surface area contributed by atoms with Crippen LogP contribution in [0.3, 0.4) is 0 Å². The second-order valence-electron chi connectivity index (χ2n) is 11.0. The van der Waals surface area contributed by atoms with E-state index in [-0.39, 0.29) is 34.7 Å². The van der Waals surface area contributed by atoms with Crippen molar-refractivity contribution in [1.82, 2.24) is 0 Å². The Morgan fingerprint density at radius 1 is 1.09 bits per heavy atom. The number of benzene rings is 1. The van der Waals surface area contributed by atoms with Gasteiger partial charge in [-0.3, -0.25) is 4.79 Å². The molecule has 4 nitrogen and oxygen atoms in total. The smallest absolute Gasteiger partial charge is 0.173 e. The van der Waals surface area contributed by atoms with Crippen LogP contribution in [0.5, 0.6) is 17.2 Å². The summed E-state index contributed by atoms with van der Waals surface area (Å²) in [6, 6.07) is 1.30. The number of fused-ring (bicyclic) bond motifs is 1. The number of phenols is 2. The van der Waals surface area contributed by atoms with Crippen molar-refractivity contribution in [1.29, 1.82) is 0 Å². The summed E-state index contributed by atoms with van der Waals surface area (Å²) in [5.41, 5.74) is 4.28. The predicted octanol–water partition coefficient (Wildman–Crippen LogP) is 8.47. The van der Waals surface area contributed by atoms with Gasteiger partial charge in [0.05, 0.1) is 0 Å². The van der Waals surface area contributed by atoms with E-state index in [1.807, 2.05) is 13.8 Å². The van der Waals surface area contributed by atoms with Crippen molar-refractivity contribution in [2.24, 2.45) is 11.8 Å². The van der Waals surface area contributed by atoms with Gasteiger partial charge in [-0.25, -0.2) is 0 Å². The molecular formula is C31H46O4. The van der Waals surface area contributed by atoms with Gasteiger partial charge in [0.25, 0.3) is 0 Å². The minimum Gasteiger partial charge on any atom is -0.507 e. The quantitative estimate of drug-likeness (QED) is 0.245. The summed E-state index contributed by atoms with van der Waals surface area (Å²) in [5, 5.41) is 21.4. The largest absolute Gasteiger partial charge is 0.507 e. The van der Waals surface area contributed by atoms with E-state index in [0.29, 0.717) is 24.2 Å². The van der Waals surface area contributed by atoms with Crippen molar-refractivity contribution >= 4 is 5.78 Å². The van der Waals surface area contributed by atoms with Gasteiger partial charge in [0, 0.05) is 23.5 Å². The van der Waals surface area contributed by atoms with Crippen molar-refractivity contribution in [3.63, 3.8) is 0 Å². The van der Waals surface area contributed by atoms with Gasteiger partial charge in [0.1, 0.15) is 28.4 Å². The first-order valence-electron chi connectivity index (χ1n) is 13.1. The summed E-state index contributed by atoms with van der Waals surface area (Å²) in [4.78, 5) is 13.2. The highest BCUT2D eigenvalue weighted by Crippen LogP contribution is 2.49. The summed E-state index contributed by atoms with van der Waals surface area (Å²) in [6.07, 6.45) is 12.7. The number of hydrogen-bond acceptors (Lipinski definition) is 4. The number of carbonyl (C=O) groups is 1. The molecule has 4 heteroatoms. The van der Waals surface area contributed by atoms with Crippen LogP contribution in [0.15, 0.2) is 41.0 Å². The molecule has 1 aromatic rings. The van der Waals surface area contributed by atoms with Crippen LogP contribution in [0.2, 0.25) is 0 Å². The molecule has 0 aliphatic carbocycles. The minimum atomic E-state index is -0.527. The van der Waals surface area contributed by atoms with E-state index in [4.69, 9.17) is 4.74 Å². The zero-order valence-electron chi connectivity index (χ0n) is 23.1. The first-order chi connectivity index (χ1) is 16.4. The summed E-state index contributed by atoms with van der Waals surface area (Å²) < 4.78 is 6.66. The highest BCUT2D eigenvalue weighted by atomic mass is 16.5. The maximum atomic E-state index is 13.2.